The van der Waals surface area contributed by atoms with Gasteiger partial charge in [0.25, 0.3) is 0 Å². The minimum atomic E-state index is -0.490. The van der Waals surface area contributed by atoms with E-state index in [2.05, 4.69) is 41.8 Å². The maximum atomic E-state index is 9.61. The first-order valence-corrected chi connectivity index (χ1v) is 7.36. The highest BCUT2D eigenvalue weighted by molar-refractivity contribution is 9.11. The van der Waals surface area contributed by atoms with E-state index < -0.39 is 6.10 Å². The van der Waals surface area contributed by atoms with Crippen LogP contribution in [0.25, 0.3) is 10.7 Å². The zero-order valence-electron chi connectivity index (χ0n) is 9.24. The Labute approximate surface area is 120 Å². The normalized spacial score (nSPS) is 12.8. The Morgan fingerprint density at radius 1 is 1.41 bits per heavy atom. The molecule has 0 bridgehead atoms. The van der Waals surface area contributed by atoms with Crippen LogP contribution in [0.3, 0.4) is 0 Å². The van der Waals surface area contributed by atoms with Crippen molar-refractivity contribution in [3.8, 4) is 10.7 Å². The van der Waals surface area contributed by atoms with Crippen molar-refractivity contribution in [2.24, 2.45) is 0 Å². The molecular weight excluding hydrogens is 368 g/mol. The second-order valence-corrected chi connectivity index (χ2v) is 6.43. The summed E-state index contributed by atoms with van der Waals surface area (Å²) in [5.74, 6) is 0. The van der Waals surface area contributed by atoms with Gasteiger partial charge in [0.1, 0.15) is 10.7 Å². The number of aromatic nitrogens is 2. The number of hydrogen-bond donors (Lipinski definition) is 1. The second-order valence-electron chi connectivity index (χ2n) is 3.63. The highest BCUT2D eigenvalue weighted by atomic mass is 79.9. The van der Waals surface area contributed by atoms with Crippen molar-refractivity contribution in [3.05, 3.63) is 31.8 Å². The topological polar surface area (TPSA) is 46.0 Å². The number of rotatable bonds is 2. The molecule has 0 aliphatic heterocycles. The number of aryl methyl sites for hydroxylation is 1. The fourth-order valence-electron chi connectivity index (χ4n) is 1.47. The predicted molar refractivity (Wildman–Crippen MR) is 76.1 cm³/mol. The summed E-state index contributed by atoms with van der Waals surface area (Å²) in [5, 5.41) is 10.4. The van der Waals surface area contributed by atoms with E-state index in [4.69, 9.17) is 0 Å². The van der Waals surface area contributed by atoms with Crippen LogP contribution in [0.2, 0.25) is 0 Å². The van der Waals surface area contributed by atoms with Crippen LogP contribution in [-0.4, -0.2) is 15.1 Å². The summed E-state index contributed by atoms with van der Waals surface area (Å²) in [6, 6.07) is 1.93. The fraction of sp³-hybridized carbons (Fsp3) is 0.273. The van der Waals surface area contributed by atoms with E-state index >= 15 is 0 Å². The molecule has 90 valence electrons. The van der Waals surface area contributed by atoms with Crippen molar-refractivity contribution in [1.82, 2.24) is 9.97 Å². The summed E-state index contributed by atoms with van der Waals surface area (Å²) in [6.07, 6.45) is 1.24. The lowest BCUT2D eigenvalue weighted by molar-refractivity contribution is 0.202. The highest BCUT2D eigenvalue weighted by Gasteiger charge is 2.15. The zero-order valence-corrected chi connectivity index (χ0v) is 13.2. The standard InChI is InChI=1S/C11H10Br2N2OS/c1-5-10(6(2)16)17-11(15-5)9-8(13)3-7(12)4-14-9/h3-4,6,16H,1-2H3. The molecule has 0 saturated heterocycles. The van der Waals surface area contributed by atoms with E-state index in [1.165, 1.54) is 11.3 Å². The van der Waals surface area contributed by atoms with E-state index in [-0.39, 0.29) is 0 Å². The van der Waals surface area contributed by atoms with Gasteiger partial charge in [-0.2, -0.15) is 0 Å². The third kappa shape index (κ3) is 2.76. The van der Waals surface area contributed by atoms with E-state index in [9.17, 15) is 5.11 Å². The first-order chi connectivity index (χ1) is 7.99. The molecule has 2 aromatic heterocycles. The van der Waals surface area contributed by atoms with Gasteiger partial charge < -0.3 is 5.11 Å². The SMILES string of the molecule is Cc1nc(-c2ncc(Br)cc2Br)sc1C(C)O. The van der Waals surface area contributed by atoms with Crippen molar-refractivity contribution in [2.45, 2.75) is 20.0 Å². The first-order valence-electron chi connectivity index (χ1n) is 4.96. The molecule has 0 aliphatic rings. The Kier molecular flexibility index (Phi) is 3.97. The Morgan fingerprint density at radius 2 is 2.12 bits per heavy atom. The van der Waals surface area contributed by atoms with Gasteiger partial charge in [0, 0.05) is 15.1 Å². The van der Waals surface area contributed by atoms with Gasteiger partial charge in [-0.15, -0.1) is 11.3 Å². The molecule has 2 rings (SSSR count). The van der Waals surface area contributed by atoms with E-state index in [0.29, 0.717) is 0 Å². The maximum Gasteiger partial charge on any atom is 0.143 e. The lowest BCUT2D eigenvalue weighted by atomic mass is 10.3. The smallest absolute Gasteiger partial charge is 0.143 e. The molecule has 0 aliphatic carbocycles. The van der Waals surface area contributed by atoms with Crippen LogP contribution in [0.1, 0.15) is 23.6 Å². The molecule has 0 fully saturated rings. The molecule has 2 heterocycles. The summed E-state index contributed by atoms with van der Waals surface area (Å²) in [5.41, 5.74) is 1.66. The lowest BCUT2D eigenvalue weighted by Gasteiger charge is -2.00. The summed E-state index contributed by atoms with van der Waals surface area (Å²) in [7, 11) is 0. The second kappa shape index (κ2) is 5.14. The maximum absolute atomic E-state index is 9.61. The Morgan fingerprint density at radius 3 is 2.65 bits per heavy atom. The third-order valence-electron chi connectivity index (χ3n) is 2.22. The average Bonchev–Trinajstić information content (AvgIpc) is 2.60. The first kappa shape index (κ1) is 13.1. The summed E-state index contributed by atoms with van der Waals surface area (Å²) >= 11 is 8.30. The Bertz CT molecular complexity index is 554. The monoisotopic (exact) mass is 376 g/mol. The molecular formula is C11H10Br2N2OS. The molecule has 6 heteroatoms. The molecule has 0 spiro atoms. The molecule has 0 amide bonds. The molecule has 1 N–H and O–H groups in total. The third-order valence-corrected chi connectivity index (χ3v) is 4.59. The summed E-state index contributed by atoms with van der Waals surface area (Å²) in [6.45, 7) is 3.64. The number of aliphatic hydroxyl groups excluding tert-OH is 1. The van der Waals surface area contributed by atoms with Crippen molar-refractivity contribution in [3.63, 3.8) is 0 Å². The van der Waals surface area contributed by atoms with Crippen LogP contribution >= 0.6 is 43.2 Å². The van der Waals surface area contributed by atoms with Crippen molar-refractivity contribution >= 4 is 43.2 Å². The van der Waals surface area contributed by atoms with Crippen LogP contribution in [0.5, 0.6) is 0 Å². The fourth-order valence-corrected chi connectivity index (χ4v) is 3.79. The molecule has 3 nitrogen and oxygen atoms in total. The van der Waals surface area contributed by atoms with Crippen molar-refractivity contribution in [1.29, 1.82) is 0 Å². The minimum absolute atomic E-state index is 0.490. The van der Waals surface area contributed by atoms with E-state index in [0.717, 1.165) is 30.2 Å². The molecule has 1 unspecified atom stereocenters. The summed E-state index contributed by atoms with van der Waals surface area (Å²) in [4.78, 5) is 9.66. The summed E-state index contributed by atoms with van der Waals surface area (Å²) < 4.78 is 1.80. The van der Waals surface area contributed by atoms with E-state index in [1.807, 2.05) is 13.0 Å². The van der Waals surface area contributed by atoms with Crippen LogP contribution in [0, 0.1) is 6.92 Å². The number of halogens is 2. The van der Waals surface area contributed by atoms with Crippen LogP contribution in [0.4, 0.5) is 0 Å². The lowest BCUT2D eigenvalue weighted by Crippen LogP contribution is -1.88. The predicted octanol–water partition coefficient (Wildman–Crippen LogP) is 4.09. The molecule has 0 saturated carbocycles. The van der Waals surface area contributed by atoms with Gasteiger partial charge in [0.05, 0.1) is 16.7 Å². The number of thiazole rings is 1. The quantitative estimate of drug-likeness (QED) is 0.857. The number of hydrogen-bond acceptors (Lipinski definition) is 4. The largest absolute Gasteiger partial charge is 0.388 e. The Hall–Kier alpha value is -0.300. The van der Waals surface area contributed by atoms with Gasteiger partial charge >= 0.3 is 0 Å². The molecule has 2 aromatic rings. The van der Waals surface area contributed by atoms with E-state index in [1.54, 1.807) is 13.1 Å². The molecule has 0 aromatic carbocycles. The molecule has 0 radical (unpaired) electrons. The number of nitrogens with zero attached hydrogens (tertiary/aromatic N) is 2. The molecule has 1 atom stereocenters. The van der Waals surface area contributed by atoms with Crippen LogP contribution in [0.15, 0.2) is 21.2 Å². The Balaban J connectivity index is 2.50. The average molecular weight is 378 g/mol. The van der Waals surface area contributed by atoms with Crippen molar-refractivity contribution in [2.75, 3.05) is 0 Å². The van der Waals surface area contributed by atoms with Crippen LogP contribution < -0.4 is 0 Å². The number of pyridine rings is 1. The van der Waals surface area contributed by atoms with Gasteiger partial charge in [-0.25, -0.2) is 4.98 Å². The van der Waals surface area contributed by atoms with Gasteiger partial charge in [-0.05, 0) is 51.8 Å². The van der Waals surface area contributed by atoms with Crippen molar-refractivity contribution < 1.29 is 5.11 Å². The van der Waals surface area contributed by atoms with Crippen LogP contribution in [-0.2, 0) is 0 Å². The van der Waals surface area contributed by atoms with Gasteiger partial charge in [-0.3, -0.25) is 4.98 Å². The number of aliphatic hydroxyl groups is 1. The molecule has 17 heavy (non-hydrogen) atoms. The van der Waals surface area contributed by atoms with Gasteiger partial charge in [-0.1, -0.05) is 0 Å². The van der Waals surface area contributed by atoms with Gasteiger partial charge in [0.2, 0.25) is 0 Å². The zero-order chi connectivity index (χ0) is 12.6. The highest BCUT2D eigenvalue weighted by Crippen LogP contribution is 2.34. The van der Waals surface area contributed by atoms with Gasteiger partial charge in [0.15, 0.2) is 0 Å². The minimum Gasteiger partial charge on any atom is -0.388 e.